The van der Waals surface area contributed by atoms with Gasteiger partial charge in [0.1, 0.15) is 17.5 Å². The first kappa shape index (κ1) is 23.6. The van der Waals surface area contributed by atoms with Crippen LogP contribution in [0.4, 0.5) is 34.9 Å². The van der Waals surface area contributed by atoms with Crippen molar-refractivity contribution >= 4 is 23.2 Å². The minimum absolute atomic E-state index is 0.00240. The molecular weight excluding hydrogens is 452 g/mol. The molecule has 1 aromatic carbocycles. The minimum Gasteiger partial charge on any atom is -0.324 e. The number of pyridine rings is 1. The maximum absolute atomic E-state index is 13.1. The molecule has 34 heavy (non-hydrogen) atoms. The Hall–Kier alpha value is -3.60. The van der Waals surface area contributed by atoms with Crippen LogP contribution in [0.15, 0.2) is 55.0 Å². The van der Waals surface area contributed by atoms with Gasteiger partial charge in [-0.25, -0.2) is 14.4 Å². The van der Waals surface area contributed by atoms with Crippen LogP contribution in [0.5, 0.6) is 0 Å². The molecule has 0 saturated carbocycles. The van der Waals surface area contributed by atoms with Crippen LogP contribution in [-0.2, 0) is 11.0 Å². The number of piperidine rings is 1. The Kier molecular flexibility index (Phi) is 7.01. The first-order valence-corrected chi connectivity index (χ1v) is 10.7. The smallest absolute Gasteiger partial charge is 0.324 e. The second kappa shape index (κ2) is 10.1. The summed E-state index contributed by atoms with van der Waals surface area (Å²) >= 11 is 0. The lowest BCUT2D eigenvalue weighted by atomic mass is 9.94. The Balaban J connectivity index is 1.31. The van der Waals surface area contributed by atoms with Crippen LogP contribution in [0.25, 0.3) is 0 Å². The van der Waals surface area contributed by atoms with Crippen molar-refractivity contribution in [2.45, 2.75) is 24.9 Å². The number of nitrogens with one attached hydrogen (secondary N) is 2. The van der Waals surface area contributed by atoms with E-state index in [9.17, 15) is 22.4 Å². The Bertz CT molecular complexity index is 1130. The average Bonchev–Trinajstić information content (AvgIpc) is 2.81. The summed E-state index contributed by atoms with van der Waals surface area (Å²) in [6, 6.07) is 7.71. The summed E-state index contributed by atoms with van der Waals surface area (Å²) in [5.74, 6) is 0.131. The van der Waals surface area contributed by atoms with Gasteiger partial charge < -0.3 is 10.6 Å². The molecule has 11 heteroatoms. The lowest BCUT2D eigenvalue weighted by molar-refractivity contribution is -0.137. The molecule has 7 nitrogen and oxygen atoms in total. The summed E-state index contributed by atoms with van der Waals surface area (Å²) in [6.45, 7) is 1.19. The third-order valence-corrected chi connectivity index (χ3v) is 5.52. The number of likely N-dealkylation sites (tertiary alicyclic amines) is 1. The van der Waals surface area contributed by atoms with Crippen molar-refractivity contribution < 1.29 is 22.4 Å². The molecular formula is C23H22F4N6O. The number of amides is 1. The fraction of sp³-hybridized carbons (Fsp3) is 0.304. The van der Waals surface area contributed by atoms with Gasteiger partial charge >= 0.3 is 6.18 Å². The molecule has 1 saturated heterocycles. The average molecular weight is 474 g/mol. The summed E-state index contributed by atoms with van der Waals surface area (Å²) < 4.78 is 52.4. The molecule has 0 aliphatic carbocycles. The predicted molar refractivity (Wildman–Crippen MR) is 118 cm³/mol. The van der Waals surface area contributed by atoms with E-state index < -0.39 is 23.5 Å². The molecule has 0 atom stereocenters. The van der Waals surface area contributed by atoms with E-state index in [-0.39, 0.29) is 18.2 Å². The third kappa shape index (κ3) is 6.04. The van der Waals surface area contributed by atoms with Crippen molar-refractivity contribution in [3.8, 4) is 0 Å². The maximum atomic E-state index is 13.1. The Morgan fingerprint density at radius 3 is 2.50 bits per heavy atom. The fourth-order valence-corrected chi connectivity index (χ4v) is 3.84. The van der Waals surface area contributed by atoms with Crippen molar-refractivity contribution in [2.24, 2.45) is 0 Å². The van der Waals surface area contributed by atoms with E-state index in [1.165, 1.54) is 30.3 Å². The Labute approximate surface area is 193 Å². The van der Waals surface area contributed by atoms with Gasteiger partial charge in [0.05, 0.1) is 35.9 Å². The first-order chi connectivity index (χ1) is 16.3. The normalized spacial score (nSPS) is 15.2. The van der Waals surface area contributed by atoms with E-state index >= 15 is 0 Å². The van der Waals surface area contributed by atoms with E-state index in [1.54, 1.807) is 12.4 Å². The van der Waals surface area contributed by atoms with E-state index in [4.69, 9.17) is 0 Å². The number of nitrogens with zero attached hydrogens (tertiary/aromatic N) is 4. The van der Waals surface area contributed by atoms with Crippen molar-refractivity contribution in [3.05, 3.63) is 72.1 Å². The molecule has 4 rings (SSSR count). The van der Waals surface area contributed by atoms with Gasteiger partial charge in [0.15, 0.2) is 0 Å². The number of anilines is 3. The highest BCUT2D eigenvalue weighted by Crippen LogP contribution is 2.34. The van der Waals surface area contributed by atoms with Crippen molar-refractivity contribution in [3.63, 3.8) is 0 Å². The van der Waals surface area contributed by atoms with Gasteiger partial charge in [-0.05, 0) is 50.2 Å². The summed E-state index contributed by atoms with van der Waals surface area (Å²) in [6.07, 6.45) is 1.24. The summed E-state index contributed by atoms with van der Waals surface area (Å²) in [5, 5.41) is 5.37. The molecule has 2 N–H and O–H groups in total. The Morgan fingerprint density at radius 1 is 1.03 bits per heavy atom. The van der Waals surface area contributed by atoms with Crippen LogP contribution in [0.3, 0.4) is 0 Å². The van der Waals surface area contributed by atoms with Gasteiger partial charge in [-0.1, -0.05) is 12.1 Å². The van der Waals surface area contributed by atoms with Gasteiger partial charge in [-0.15, -0.1) is 0 Å². The molecule has 3 aromatic rings. The highest BCUT2D eigenvalue weighted by atomic mass is 19.4. The zero-order valence-electron chi connectivity index (χ0n) is 18.0. The van der Waals surface area contributed by atoms with Gasteiger partial charge in [-0.2, -0.15) is 13.2 Å². The van der Waals surface area contributed by atoms with E-state index in [2.05, 4.69) is 25.6 Å². The Morgan fingerprint density at radius 2 is 1.79 bits per heavy atom. The van der Waals surface area contributed by atoms with E-state index in [0.717, 1.165) is 30.8 Å². The summed E-state index contributed by atoms with van der Waals surface area (Å²) in [7, 11) is 0. The molecule has 0 radical (unpaired) electrons. The molecule has 1 aliphatic heterocycles. The number of benzene rings is 1. The number of para-hydroxylation sites is 1. The second-order valence-corrected chi connectivity index (χ2v) is 7.96. The molecule has 3 heterocycles. The lowest BCUT2D eigenvalue weighted by Crippen LogP contribution is -2.39. The molecule has 0 unspecified atom stereocenters. The predicted octanol–water partition coefficient (Wildman–Crippen LogP) is 4.59. The number of hydrogen-bond acceptors (Lipinski definition) is 6. The third-order valence-electron chi connectivity index (χ3n) is 5.52. The number of halogens is 4. The van der Waals surface area contributed by atoms with Crippen molar-refractivity contribution in [1.29, 1.82) is 0 Å². The van der Waals surface area contributed by atoms with Crippen molar-refractivity contribution in [2.75, 3.05) is 30.3 Å². The highest BCUT2D eigenvalue weighted by Gasteiger charge is 2.33. The van der Waals surface area contributed by atoms with Crippen LogP contribution < -0.4 is 10.6 Å². The highest BCUT2D eigenvalue weighted by molar-refractivity contribution is 5.93. The van der Waals surface area contributed by atoms with Gasteiger partial charge in [-0.3, -0.25) is 14.7 Å². The minimum atomic E-state index is -4.54. The summed E-state index contributed by atoms with van der Waals surface area (Å²) in [4.78, 5) is 27.0. The lowest BCUT2D eigenvalue weighted by Gasteiger charge is -2.31. The number of carbonyl (C=O) groups excluding carboxylic acids is 1. The van der Waals surface area contributed by atoms with Crippen LogP contribution in [-0.4, -0.2) is 45.4 Å². The standard InChI is InChI=1S/C23H22F4N6O/c24-16-5-6-20(29-11-16)32-21-13-28-12-19(30-21)15-7-9-33(10-8-15)14-22(34)31-18-4-2-1-3-17(18)23(25,26)27/h1-6,11-13,15H,7-10,14H2,(H,31,34)(H,29,30,32). The molecule has 178 valence electrons. The molecule has 1 amide bonds. The zero-order valence-corrected chi connectivity index (χ0v) is 18.0. The monoisotopic (exact) mass is 474 g/mol. The van der Waals surface area contributed by atoms with Crippen molar-refractivity contribution in [1.82, 2.24) is 19.9 Å². The molecule has 2 aromatic heterocycles. The number of rotatable bonds is 6. The molecule has 1 aliphatic rings. The van der Waals surface area contributed by atoms with Crippen LogP contribution in [0.1, 0.15) is 30.0 Å². The van der Waals surface area contributed by atoms with Crippen LogP contribution >= 0.6 is 0 Å². The zero-order chi connectivity index (χ0) is 24.1. The number of aromatic nitrogens is 3. The van der Waals surface area contributed by atoms with E-state index in [0.29, 0.717) is 24.7 Å². The maximum Gasteiger partial charge on any atom is 0.418 e. The SMILES string of the molecule is O=C(CN1CCC(c2cncc(Nc3ccc(F)cn3)n2)CC1)Nc1ccccc1C(F)(F)F. The topological polar surface area (TPSA) is 83.0 Å². The van der Waals surface area contributed by atoms with Gasteiger partial charge in [0, 0.05) is 12.1 Å². The van der Waals surface area contributed by atoms with Gasteiger partial charge in [0.2, 0.25) is 5.91 Å². The molecule has 1 fully saturated rings. The number of hydrogen-bond donors (Lipinski definition) is 2. The summed E-state index contributed by atoms with van der Waals surface area (Å²) in [5.41, 5.74) is -0.328. The van der Waals surface area contributed by atoms with Crippen LogP contribution in [0.2, 0.25) is 0 Å². The second-order valence-electron chi connectivity index (χ2n) is 7.96. The van der Waals surface area contributed by atoms with Gasteiger partial charge in [0.25, 0.3) is 0 Å². The molecule has 0 bridgehead atoms. The largest absolute Gasteiger partial charge is 0.418 e. The fourth-order valence-electron chi connectivity index (χ4n) is 3.84. The number of alkyl halides is 3. The molecule has 0 spiro atoms. The number of carbonyl (C=O) groups is 1. The first-order valence-electron chi connectivity index (χ1n) is 10.7. The van der Waals surface area contributed by atoms with Crippen LogP contribution in [0, 0.1) is 5.82 Å². The quantitative estimate of drug-likeness (QED) is 0.509. The van der Waals surface area contributed by atoms with E-state index in [1.807, 2.05) is 4.90 Å².